The highest BCUT2D eigenvalue weighted by Gasteiger charge is 2.49. The third kappa shape index (κ3) is 3.59. The molecule has 176 valence electrons. The number of benzene rings is 3. The Morgan fingerprint density at radius 1 is 0.971 bits per heavy atom. The van der Waals surface area contributed by atoms with Gasteiger partial charge >= 0.3 is 5.91 Å². The van der Waals surface area contributed by atoms with Crippen molar-refractivity contribution < 1.29 is 28.7 Å². The lowest BCUT2D eigenvalue weighted by Crippen LogP contribution is -2.30. The Kier molecular flexibility index (Phi) is 5.49. The van der Waals surface area contributed by atoms with E-state index < -0.39 is 17.7 Å². The molecule has 0 spiro atoms. The standard InChI is InChI=1S/C27H22N2O6/c1-15-13-21(28-35-15)29-23(19-9-6-10-20(33-2)26(19)34-3)22(25(31)27(29)32)24(30)18-12-11-16-7-4-5-8-17(16)14-18/h4-14,23,30H,1-3H3/b24-22+/t23-/m0/s1. The van der Waals surface area contributed by atoms with Crippen molar-refractivity contribution in [3.8, 4) is 11.5 Å². The van der Waals surface area contributed by atoms with E-state index in [2.05, 4.69) is 5.16 Å². The summed E-state index contributed by atoms with van der Waals surface area (Å²) in [5.41, 5.74) is 0.774. The Labute approximate surface area is 201 Å². The number of ketones is 1. The van der Waals surface area contributed by atoms with Gasteiger partial charge in [-0.3, -0.25) is 14.5 Å². The van der Waals surface area contributed by atoms with E-state index in [9.17, 15) is 14.7 Å². The van der Waals surface area contributed by atoms with E-state index in [1.807, 2.05) is 30.3 Å². The number of nitrogens with zero attached hydrogens (tertiary/aromatic N) is 2. The zero-order valence-electron chi connectivity index (χ0n) is 19.3. The third-order valence-corrected chi connectivity index (χ3v) is 6.06. The number of amides is 1. The molecule has 1 fully saturated rings. The second-order valence-electron chi connectivity index (χ2n) is 8.11. The zero-order chi connectivity index (χ0) is 24.7. The first-order chi connectivity index (χ1) is 16.9. The molecular weight excluding hydrogens is 448 g/mol. The van der Waals surface area contributed by atoms with Gasteiger partial charge in [-0.05, 0) is 29.8 Å². The number of anilines is 1. The van der Waals surface area contributed by atoms with Gasteiger partial charge in [0.15, 0.2) is 17.3 Å². The van der Waals surface area contributed by atoms with Crippen molar-refractivity contribution >= 4 is 34.0 Å². The first-order valence-corrected chi connectivity index (χ1v) is 10.9. The fraction of sp³-hybridized carbons (Fsp3) is 0.148. The summed E-state index contributed by atoms with van der Waals surface area (Å²) in [6.45, 7) is 1.68. The summed E-state index contributed by atoms with van der Waals surface area (Å²) in [6, 6.07) is 18.7. The molecule has 1 N–H and O–H groups in total. The number of fused-ring (bicyclic) bond motifs is 1. The van der Waals surface area contributed by atoms with Crippen LogP contribution in [-0.2, 0) is 9.59 Å². The van der Waals surface area contributed by atoms with E-state index >= 15 is 0 Å². The molecule has 0 radical (unpaired) electrons. The van der Waals surface area contributed by atoms with Crippen molar-refractivity contribution in [3.63, 3.8) is 0 Å². The number of para-hydroxylation sites is 1. The average Bonchev–Trinajstić information content (AvgIpc) is 3.42. The maximum atomic E-state index is 13.4. The summed E-state index contributed by atoms with van der Waals surface area (Å²) >= 11 is 0. The summed E-state index contributed by atoms with van der Waals surface area (Å²) in [4.78, 5) is 27.9. The fourth-order valence-corrected chi connectivity index (χ4v) is 4.45. The minimum atomic E-state index is -1.03. The highest BCUT2D eigenvalue weighted by molar-refractivity contribution is 6.51. The Balaban J connectivity index is 1.78. The maximum Gasteiger partial charge on any atom is 0.301 e. The summed E-state index contributed by atoms with van der Waals surface area (Å²) in [5.74, 6) is -0.618. The van der Waals surface area contributed by atoms with Crippen LogP contribution >= 0.6 is 0 Å². The lowest BCUT2D eigenvalue weighted by atomic mass is 9.93. The Bertz CT molecular complexity index is 1500. The van der Waals surface area contributed by atoms with Gasteiger partial charge in [-0.1, -0.05) is 53.7 Å². The summed E-state index contributed by atoms with van der Waals surface area (Å²) in [6.07, 6.45) is 0. The number of aliphatic hydroxyl groups excluding tert-OH is 1. The van der Waals surface area contributed by atoms with E-state index in [1.54, 1.807) is 43.3 Å². The van der Waals surface area contributed by atoms with Crippen molar-refractivity contribution in [2.45, 2.75) is 13.0 Å². The molecule has 3 aromatic carbocycles. The van der Waals surface area contributed by atoms with Gasteiger partial charge in [0, 0.05) is 17.2 Å². The Morgan fingerprint density at radius 2 is 1.74 bits per heavy atom. The molecule has 8 nitrogen and oxygen atoms in total. The molecule has 4 aromatic rings. The molecule has 8 heteroatoms. The number of carbonyl (C=O) groups is 2. The molecule has 1 atom stereocenters. The molecule has 1 aromatic heterocycles. The van der Waals surface area contributed by atoms with Crippen LogP contribution in [0.25, 0.3) is 16.5 Å². The van der Waals surface area contributed by atoms with E-state index in [1.165, 1.54) is 19.1 Å². The number of aryl methyl sites for hydroxylation is 1. The molecule has 1 saturated heterocycles. The summed E-state index contributed by atoms with van der Waals surface area (Å²) in [5, 5.41) is 17.3. The molecule has 0 saturated carbocycles. The van der Waals surface area contributed by atoms with Gasteiger partial charge in [0.1, 0.15) is 17.6 Å². The van der Waals surface area contributed by atoms with Crippen molar-refractivity contribution in [3.05, 3.63) is 89.2 Å². The summed E-state index contributed by atoms with van der Waals surface area (Å²) in [7, 11) is 2.96. The van der Waals surface area contributed by atoms with Gasteiger partial charge in [0.25, 0.3) is 5.78 Å². The van der Waals surface area contributed by atoms with Crippen LogP contribution in [0.4, 0.5) is 5.82 Å². The average molecular weight is 470 g/mol. The van der Waals surface area contributed by atoms with Gasteiger partial charge in [-0.25, -0.2) is 0 Å². The highest BCUT2D eigenvalue weighted by atomic mass is 16.5. The van der Waals surface area contributed by atoms with E-state index in [-0.39, 0.29) is 17.2 Å². The number of aromatic nitrogens is 1. The van der Waals surface area contributed by atoms with Gasteiger partial charge < -0.3 is 19.1 Å². The number of hydrogen-bond donors (Lipinski definition) is 1. The minimum absolute atomic E-state index is 0.0857. The number of carbonyl (C=O) groups excluding carboxylic acids is 2. The van der Waals surface area contributed by atoms with Crippen LogP contribution in [0.2, 0.25) is 0 Å². The van der Waals surface area contributed by atoms with Crippen LogP contribution in [0.3, 0.4) is 0 Å². The van der Waals surface area contributed by atoms with Crippen LogP contribution in [0, 0.1) is 6.92 Å². The largest absolute Gasteiger partial charge is 0.507 e. The lowest BCUT2D eigenvalue weighted by Gasteiger charge is -2.25. The number of methoxy groups -OCH3 is 2. The van der Waals surface area contributed by atoms with Crippen molar-refractivity contribution in [1.29, 1.82) is 0 Å². The first-order valence-electron chi connectivity index (χ1n) is 10.9. The van der Waals surface area contributed by atoms with E-state index in [4.69, 9.17) is 14.0 Å². The predicted octanol–water partition coefficient (Wildman–Crippen LogP) is 4.78. The molecule has 5 rings (SSSR count). The van der Waals surface area contributed by atoms with Gasteiger partial charge in [0.05, 0.1) is 19.8 Å². The summed E-state index contributed by atoms with van der Waals surface area (Å²) < 4.78 is 16.2. The molecule has 0 aliphatic carbocycles. The van der Waals surface area contributed by atoms with Crippen molar-refractivity contribution in [1.82, 2.24) is 5.16 Å². The number of Topliss-reactive ketones (excluding diaryl/α,β-unsaturated/α-hetero) is 1. The molecule has 35 heavy (non-hydrogen) atoms. The first kappa shape index (κ1) is 22.2. The second-order valence-corrected chi connectivity index (χ2v) is 8.11. The maximum absolute atomic E-state index is 13.4. The normalized spacial score (nSPS) is 17.2. The minimum Gasteiger partial charge on any atom is -0.507 e. The number of rotatable bonds is 5. The second kappa shape index (κ2) is 8.64. The Hall–Kier alpha value is -4.59. The van der Waals surface area contributed by atoms with Crippen molar-refractivity contribution in [2.24, 2.45) is 0 Å². The number of aliphatic hydroxyl groups is 1. The highest BCUT2D eigenvalue weighted by Crippen LogP contribution is 2.47. The van der Waals surface area contributed by atoms with Crippen LogP contribution < -0.4 is 14.4 Å². The van der Waals surface area contributed by atoms with E-state index in [0.29, 0.717) is 28.4 Å². The number of hydrogen-bond acceptors (Lipinski definition) is 7. The molecule has 0 unspecified atom stereocenters. The number of ether oxygens (including phenoxy) is 2. The zero-order valence-corrected chi connectivity index (χ0v) is 19.3. The molecule has 0 bridgehead atoms. The van der Waals surface area contributed by atoms with E-state index in [0.717, 1.165) is 10.8 Å². The Morgan fingerprint density at radius 3 is 2.43 bits per heavy atom. The van der Waals surface area contributed by atoms with Crippen LogP contribution in [0.15, 0.2) is 76.8 Å². The van der Waals surface area contributed by atoms with Gasteiger partial charge in [0.2, 0.25) is 0 Å². The third-order valence-electron chi connectivity index (χ3n) is 6.06. The fourth-order valence-electron chi connectivity index (χ4n) is 4.45. The molecule has 1 aliphatic heterocycles. The van der Waals surface area contributed by atoms with Crippen LogP contribution in [0.5, 0.6) is 11.5 Å². The molecule has 1 aliphatic rings. The quantitative estimate of drug-likeness (QED) is 0.254. The molecule has 1 amide bonds. The SMILES string of the molecule is COc1cccc([C@H]2/C(=C(\O)c3ccc4ccccc4c3)C(=O)C(=O)N2c2cc(C)on2)c1OC. The molecular formula is C27H22N2O6. The topological polar surface area (TPSA) is 102 Å². The monoisotopic (exact) mass is 470 g/mol. The van der Waals surface area contributed by atoms with Crippen LogP contribution in [0.1, 0.15) is 22.9 Å². The lowest BCUT2D eigenvalue weighted by molar-refractivity contribution is -0.132. The van der Waals surface area contributed by atoms with Crippen molar-refractivity contribution in [2.75, 3.05) is 19.1 Å². The smallest absolute Gasteiger partial charge is 0.301 e. The predicted molar refractivity (Wildman–Crippen MR) is 130 cm³/mol. The molecule has 2 heterocycles. The van der Waals surface area contributed by atoms with Gasteiger partial charge in [-0.2, -0.15) is 0 Å². The van der Waals surface area contributed by atoms with Crippen LogP contribution in [-0.4, -0.2) is 36.2 Å². The van der Waals surface area contributed by atoms with Gasteiger partial charge in [-0.15, -0.1) is 0 Å².